The van der Waals surface area contributed by atoms with E-state index in [4.69, 9.17) is 27.4 Å². The smallest absolute Gasteiger partial charge is 0.478 e. The number of hydrogen-bond acceptors (Lipinski definition) is 12. The van der Waals surface area contributed by atoms with E-state index in [1.165, 1.54) is 50.6 Å². The summed E-state index contributed by atoms with van der Waals surface area (Å²) in [7, 11) is 2.89. The summed E-state index contributed by atoms with van der Waals surface area (Å²) in [6, 6.07) is 12.7. The highest BCUT2D eigenvalue weighted by Crippen LogP contribution is 2.61. The standard InChI is InChI=1S/C24H25F2N2O11PS/c1-34-14-3-7-16(8-4-14)38-40(33,41-39-17-9-5-15(35-2)6-10-17)36-13-24(22(25)26)20(31)19(30)21(37-24)28-12-11-18(29)27-23(28)32/h3-12,19-22,30-31H,13H2,1-2H3,(H,27,29,32)/t19-,20+,21-,24-,40?/m1/s1. The normalized spacial score (nSPS) is 23.6. The number of aromatic nitrogens is 2. The van der Waals surface area contributed by atoms with E-state index in [-0.39, 0.29) is 23.2 Å². The molecule has 4 rings (SSSR count). The van der Waals surface area contributed by atoms with Crippen molar-refractivity contribution in [3.63, 3.8) is 0 Å². The van der Waals surface area contributed by atoms with Crippen molar-refractivity contribution in [2.75, 3.05) is 20.8 Å². The first-order valence-electron chi connectivity index (χ1n) is 11.7. The molecular weight excluding hydrogens is 593 g/mol. The summed E-state index contributed by atoms with van der Waals surface area (Å²) in [5.74, 6) is 1.15. The number of nitrogens with one attached hydrogen (secondary N) is 1. The van der Waals surface area contributed by atoms with Crippen LogP contribution in [-0.2, 0) is 13.8 Å². The van der Waals surface area contributed by atoms with Gasteiger partial charge in [-0.15, -0.1) is 0 Å². The highest BCUT2D eigenvalue weighted by molar-refractivity contribution is 8.52. The minimum absolute atomic E-state index is 0.00310. The van der Waals surface area contributed by atoms with Crippen LogP contribution in [0.3, 0.4) is 0 Å². The Balaban J connectivity index is 1.60. The number of halogens is 2. The van der Waals surface area contributed by atoms with Crippen molar-refractivity contribution in [2.45, 2.75) is 30.5 Å². The first-order valence-corrected chi connectivity index (χ1v) is 14.6. The second kappa shape index (κ2) is 12.6. The molecule has 41 heavy (non-hydrogen) atoms. The predicted octanol–water partition coefficient (Wildman–Crippen LogP) is 2.74. The Kier molecular flexibility index (Phi) is 9.41. The van der Waals surface area contributed by atoms with Gasteiger partial charge in [-0.25, -0.2) is 18.1 Å². The van der Waals surface area contributed by atoms with Crippen LogP contribution >= 0.6 is 18.5 Å². The van der Waals surface area contributed by atoms with Gasteiger partial charge in [0.25, 0.3) is 12.0 Å². The molecule has 3 N–H and O–H groups in total. The fourth-order valence-corrected chi connectivity index (χ4v) is 6.07. The number of hydrogen-bond donors (Lipinski definition) is 3. The molecule has 0 saturated carbocycles. The highest BCUT2D eigenvalue weighted by Gasteiger charge is 2.61. The van der Waals surface area contributed by atoms with Gasteiger partial charge >= 0.3 is 12.5 Å². The third-order valence-corrected chi connectivity index (χ3v) is 8.60. The molecule has 2 aromatic carbocycles. The summed E-state index contributed by atoms with van der Waals surface area (Å²) < 4.78 is 75.1. The van der Waals surface area contributed by atoms with Gasteiger partial charge in [-0.2, -0.15) is 0 Å². The number of aliphatic hydroxyl groups is 2. The molecule has 1 aliphatic heterocycles. The van der Waals surface area contributed by atoms with Crippen molar-refractivity contribution in [3.8, 4) is 23.0 Å². The predicted molar refractivity (Wildman–Crippen MR) is 141 cm³/mol. The topological polar surface area (TPSA) is 168 Å². The van der Waals surface area contributed by atoms with Crippen LogP contribution in [0.15, 0.2) is 70.4 Å². The summed E-state index contributed by atoms with van der Waals surface area (Å²) in [4.78, 5) is 25.5. The van der Waals surface area contributed by atoms with Crippen LogP contribution in [0.1, 0.15) is 6.23 Å². The van der Waals surface area contributed by atoms with E-state index >= 15 is 0 Å². The van der Waals surface area contributed by atoms with Crippen molar-refractivity contribution in [3.05, 3.63) is 81.6 Å². The lowest BCUT2D eigenvalue weighted by Gasteiger charge is -2.31. The van der Waals surface area contributed by atoms with E-state index in [0.717, 1.165) is 12.3 Å². The van der Waals surface area contributed by atoms with Crippen LogP contribution in [-0.4, -0.2) is 64.8 Å². The van der Waals surface area contributed by atoms with Gasteiger partial charge in [-0.3, -0.25) is 18.9 Å². The maximum atomic E-state index is 14.5. The number of ether oxygens (including phenoxy) is 3. The Morgan fingerprint density at radius 2 is 1.56 bits per heavy atom. The lowest BCUT2D eigenvalue weighted by atomic mass is 9.96. The third kappa shape index (κ3) is 6.74. The summed E-state index contributed by atoms with van der Waals surface area (Å²) in [5, 5.41) is 21.2. The molecule has 1 aromatic heterocycles. The number of methoxy groups -OCH3 is 2. The van der Waals surface area contributed by atoms with Crippen molar-refractivity contribution >= 4 is 18.5 Å². The summed E-state index contributed by atoms with van der Waals surface area (Å²) in [6.07, 6.45) is -8.86. The molecule has 1 aliphatic rings. The Labute approximate surface area is 235 Å². The zero-order chi connectivity index (χ0) is 29.8. The minimum Gasteiger partial charge on any atom is -0.497 e. The molecule has 3 aromatic rings. The average Bonchev–Trinajstić information content (AvgIpc) is 3.22. The Hall–Kier alpha value is -3.40. The molecule has 2 heterocycles. The fourth-order valence-electron chi connectivity index (χ4n) is 3.75. The van der Waals surface area contributed by atoms with Gasteiger partial charge in [0, 0.05) is 12.3 Å². The van der Waals surface area contributed by atoms with Crippen molar-refractivity contribution < 1.29 is 51.0 Å². The molecule has 17 heteroatoms. The van der Waals surface area contributed by atoms with E-state index in [9.17, 15) is 33.1 Å². The second-order valence-corrected chi connectivity index (χ2v) is 12.0. The van der Waals surface area contributed by atoms with Gasteiger partial charge in [-0.05, 0) is 48.5 Å². The van der Waals surface area contributed by atoms with Crippen molar-refractivity contribution in [2.24, 2.45) is 0 Å². The Morgan fingerprint density at radius 1 is 1.00 bits per heavy atom. The van der Waals surface area contributed by atoms with Crippen LogP contribution in [0.25, 0.3) is 0 Å². The number of alkyl halides is 2. The second-order valence-electron chi connectivity index (χ2n) is 8.54. The van der Waals surface area contributed by atoms with E-state index in [1.807, 2.05) is 4.98 Å². The fraction of sp³-hybridized carbons (Fsp3) is 0.333. The minimum atomic E-state index is -4.54. The maximum Gasteiger partial charge on any atom is 0.478 e. The molecular formula is C24H25F2N2O11PS. The number of aliphatic hydroxyl groups excluding tert-OH is 2. The maximum absolute atomic E-state index is 14.5. The largest absolute Gasteiger partial charge is 0.497 e. The van der Waals surface area contributed by atoms with Crippen LogP contribution < -0.4 is 29.4 Å². The van der Waals surface area contributed by atoms with Crippen LogP contribution in [0.4, 0.5) is 8.78 Å². The molecule has 0 bridgehead atoms. The van der Waals surface area contributed by atoms with Crippen molar-refractivity contribution in [1.82, 2.24) is 9.55 Å². The molecule has 1 saturated heterocycles. The van der Waals surface area contributed by atoms with E-state index in [1.54, 1.807) is 12.1 Å². The molecule has 13 nitrogen and oxygen atoms in total. The van der Waals surface area contributed by atoms with Gasteiger partial charge in [0.05, 0.1) is 20.8 Å². The molecule has 1 unspecified atom stereocenters. The number of benzene rings is 2. The lowest BCUT2D eigenvalue weighted by Crippen LogP contribution is -2.52. The monoisotopic (exact) mass is 618 g/mol. The number of aromatic amines is 1. The lowest BCUT2D eigenvalue weighted by molar-refractivity contribution is -0.192. The zero-order valence-electron chi connectivity index (χ0n) is 21.4. The zero-order valence-corrected chi connectivity index (χ0v) is 23.1. The summed E-state index contributed by atoms with van der Waals surface area (Å²) >= 11 is 0.192. The van der Waals surface area contributed by atoms with Gasteiger partial charge in [-0.1, -0.05) is 0 Å². The number of H-pyrrole nitrogens is 1. The van der Waals surface area contributed by atoms with E-state index in [0.29, 0.717) is 16.1 Å². The van der Waals surface area contributed by atoms with Gasteiger partial charge in [0.2, 0.25) is 0 Å². The van der Waals surface area contributed by atoms with Gasteiger partial charge in [0.15, 0.2) is 23.5 Å². The van der Waals surface area contributed by atoms with Crippen LogP contribution in [0, 0.1) is 0 Å². The summed E-state index contributed by atoms with van der Waals surface area (Å²) in [5.41, 5.74) is -4.84. The van der Waals surface area contributed by atoms with Crippen LogP contribution in [0.5, 0.6) is 23.0 Å². The molecule has 5 atom stereocenters. The first kappa shape index (κ1) is 30.6. The average molecular weight is 619 g/mol. The van der Waals surface area contributed by atoms with Gasteiger partial charge in [0.1, 0.15) is 35.2 Å². The summed E-state index contributed by atoms with van der Waals surface area (Å²) in [6.45, 7) is -5.81. The number of nitrogens with zero attached hydrogens (tertiary/aromatic N) is 1. The molecule has 0 amide bonds. The highest BCUT2D eigenvalue weighted by atomic mass is 32.7. The molecule has 222 valence electrons. The Morgan fingerprint density at radius 3 is 2.10 bits per heavy atom. The quantitative estimate of drug-likeness (QED) is 0.201. The molecule has 0 radical (unpaired) electrons. The first-order chi connectivity index (χ1) is 19.5. The SMILES string of the molecule is COc1ccc(OSP(=O)(OC[C@@]2(C(F)F)O[C@@H](n3ccc(=O)[nH]c3=O)[C@H](O)[C@@H]2O)Oc2ccc(OC)cc2)cc1. The van der Waals surface area contributed by atoms with Gasteiger partial charge < -0.3 is 33.1 Å². The number of rotatable bonds is 12. The molecule has 1 fully saturated rings. The molecule has 0 aliphatic carbocycles. The molecule has 0 spiro atoms. The van der Waals surface area contributed by atoms with Crippen molar-refractivity contribution in [1.29, 1.82) is 0 Å². The van der Waals surface area contributed by atoms with E-state index in [2.05, 4.69) is 0 Å². The van der Waals surface area contributed by atoms with Crippen LogP contribution in [0.2, 0.25) is 0 Å². The van der Waals surface area contributed by atoms with E-state index < -0.39 is 55.1 Å². The third-order valence-electron chi connectivity index (χ3n) is 5.96. The Bertz CT molecular complexity index is 1490.